The van der Waals surface area contributed by atoms with Crippen molar-refractivity contribution in [1.82, 2.24) is 20.1 Å². The van der Waals surface area contributed by atoms with Gasteiger partial charge in [0.1, 0.15) is 5.75 Å². The highest BCUT2D eigenvalue weighted by molar-refractivity contribution is 5.89. The van der Waals surface area contributed by atoms with Gasteiger partial charge in [-0.05, 0) is 37.0 Å². The number of carbonyl (C=O) groups is 2. The number of amides is 3. The Labute approximate surface area is 188 Å². The highest BCUT2D eigenvalue weighted by Crippen LogP contribution is 2.49. The average molecular weight is 443 g/mol. The molecule has 0 bridgehead atoms. The second-order valence-electron chi connectivity index (χ2n) is 8.90. The molecule has 0 unspecified atom stereocenters. The molecule has 1 saturated heterocycles. The lowest BCUT2D eigenvalue weighted by Gasteiger charge is -2.50. The number of aliphatic hydroxyl groups excluding tert-OH is 1. The van der Waals surface area contributed by atoms with Gasteiger partial charge in [-0.25, -0.2) is 4.79 Å². The highest BCUT2D eigenvalue weighted by Gasteiger charge is 2.48. The molecule has 3 amide bonds. The highest BCUT2D eigenvalue weighted by atomic mass is 16.5. The number of urea groups is 1. The standard InChI is InChI=1S/C24H34N4O4/c1-4-10-25-23(31)27-11-8-24(9-12-27)15-28(20(30)5-2)19(14-29)22-21(24)17-7-6-16(32-3)13-18(17)26-22/h6-7,13,19,26,29H,4-5,8-12,14-15H2,1-3H3,(H,25,31)/t19-/m1/s1. The van der Waals surface area contributed by atoms with Crippen molar-refractivity contribution in [3.8, 4) is 5.75 Å². The molecular formula is C24H34N4O4. The normalized spacial score (nSPS) is 19.8. The summed E-state index contributed by atoms with van der Waals surface area (Å²) < 4.78 is 5.41. The van der Waals surface area contributed by atoms with Crippen molar-refractivity contribution in [2.24, 2.45) is 0 Å². The Hall–Kier alpha value is -2.74. The molecule has 1 aromatic carbocycles. The molecule has 3 heterocycles. The molecule has 0 aliphatic carbocycles. The molecule has 8 nitrogen and oxygen atoms in total. The van der Waals surface area contributed by atoms with Crippen molar-refractivity contribution in [1.29, 1.82) is 0 Å². The lowest BCUT2D eigenvalue weighted by atomic mass is 9.68. The van der Waals surface area contributed by atoms with Gasteiger partial charge in [-0.1, -0.05) is 13.8 Å². The predicted octanol–water partition coefficient (Wildman–Crippen LogP) is 2.92. The average Bonchev–Trinajstić information content (AvgIpc) is 3.21. The van der Waals surface area contributed by atoms with Crippen molar-refractivity contribution in [2.45, 2.75) is 51.0 Å². The van der Waals surface area contributed by atoms with E-state index in [2.05, 4.69) is 16.4 Å². The van der Waals surface area contributed by atoms with Gasteiger partial charge in [0.05, 0.1) is 19.8 Å². The maximum atomic E-state index is 12.9. The summed E-state index contributed by atoms with van der Waals surface area (Å²) in [5, 5.41) is 14.3. The van der Waals surface area contributed by atoms with Gasteiger partial charge in [0, 0.05) is 60.7 Å². The number of aromatic nitrogens is 1. The Morgan fingerprint density at radius 3 is 2.66 bits per heavy atom. The van der Waals surface area contributed by atoms with Gasteiger partial charge in [-0.15, -0.1) is 0 Å². The number of aliphatic hydroxyl groups is 1. The Balaban J connectivity index is 1.76. The number of aromatic amines is 1. The number of piperidine rings is 1. The summed E-state index contributed by atoms with van der Waals surface area (Å²) >= 11 is 0. The summed E-state index contributed by atoms with van der Waals surface area (Å²) in [6.45, 7) is 6.26. The third-order valence-electron chi connectivity index (χ3n) is 7.08. The van der Waals surface area contributed by atoms with Crippen LogP contribution in [0.25, 0.3) is 10.9 Å². The molecule has 8 heteroatoms. The fraction of sp³-hybridized carbons (Fsp3) is 0.583. The summed E-state index contributed by atoms with van der Waals surface area (Å²) in [5.41, 5.74) is 2.77. The summed E-state index contributed by atoms with van der Waals surface area (Å²) in [6, 6.07) is 5.57. The Kier molecular flexibility index (Phi) is 6.33. The minimum Gasteiger partial charge on any atom is -0.497 e. The first kappa shape index (κ1) is 22.5. The number of ether oxygens (including phenoxy) is 1. The van der Waals surface area contributed by atoms with Gasteiger partial charge < -0.3 is 29.9 Å². The summed E-state index contributed by atoms with van der Waals surface area (Å²) in [6.07, 6.45) is 2.83. The van der Waals surface area contributed by atoms with Crippen LogP contribution in [-0.4, -0.2) is 71.7 Å². The largest absolute Gasteiger partial charge is 0.497 e. The number of nitrogens with one attached hydrogen (secondary N) is 2. The molecule has 1 spiro atoms. The number of benzene rings is 1. The second kappa shape index (κ2) is 9.02. The van der Waals surface area contributed by atoms with E-state index in [-0.39, 0.29) is 24.0 Å². The minimum absolute atomic E-state index is 0.0175. The molecule has 174 valence electrons. The Morgan fingerprint density at radius 1 is 1.28 bits per heavy atom. The van der Waals surface area contributed by atoms with Crippen LogP contribution in [0.2, 0.25) is 0 Å². The van der Waals surface area contributed by atoms with Crippen LogP contribution >= 0.6 is 0 Å². The number of hydrogen-bond acceptors (Lipinski definition) is 4. The molecular weight excluding hydrogens is 408 g/mol. The van der Waals surface area contributed by atoms with Gasteiger partial charge in [0.2, 0.25) is 5.91 Å². The third-order valence-corrected chi connectivity index (χ3v) is 7.08. The number of H-pyrrole nitrogens is 1. The van der Waals surface area contributed by atoms with Gasteiger partial charge in [-0.3, -0.25) is 4.79 Å². The predicted molar refractivity (Wildman–Crippen MR) is 123 cm³/mol. The molecule has 2 aliphatic rings. The first-order chi connectivity index (χ1) is 15.5. The zero-order valence-corrected chi connectivity index (χ0v) is 19.2. The molecule has 1 aromatic heterocycles. The molecule has 2 aliphatic heterocycles. The van der Waals surface area contributed by atoms with Crippen LogP contribution in [0.4, 0.5) is 4.79 Å². The lowest BCUT2D eigenvalue weighted by molar-refractivity contribution is -0.137. The zero-order chi connectivity index (χ0) is 22.9. The molecule has 1 fully saturated rings. The topological polar surface area (TPSA) is 97.9 Å². The molecule has 1 atom stereocenters. The van der Waals surface area contributed by atoms with E-state index < -0.39 is 6.04 Å². The van der Waals surface area contributed by atoms with Crippen LogP contribution in [0.5, 0.6) is 5.75 Å². The number of carbonyl (C=O) groups excluding carboxylic acids is 2. The maximum absolute atomic E-state index is 12.9. The van der Waals surface area contributed by atoms with Crippen LogP contribution in [0, 0.1) is 0 Å². The van der Waals surface area contributed by atoms with Crippen molar-refractivity contribution < 1.29 is 19.4 Å². The molecule has 2 aromatic rings. The summed E-state index contributed by atoms with van der Waals surface area (Å²) in [5.74, 6) is 0.794. The van der Waals surface area contributed by atoms with Crippen LogP contribution in [-0.2, 0) is 10.2 Å². The first-order valence-corrected chi connectivity index (χ1v) is 11.6. The van der Waals surface area contributed by atoms with E-state index >= 15 is 0 Å². The Morgan fingerprint density at radius 2 is 2.03 bits per heavy atom. The Bertz CT molecular complexity index is 993. The fourth-order valence-corrected chi connectivity index (χ4v) is 5.36. The quantitative estimate of drug-likeness (QED) is 0.663. The molecule has 0 saturated carbocycles. The number of rotatable bonds is 5. The third kappa shape index (κ3) is 3.70. The van der Waals surface area contributed by atoms with E-state index in [4.69, 9.17) is 4.74 Å². The SMILES string of the molecule is CCCNC(=O)N1CCC2(CC1)CN(C(=O)CC)[C@H](CO)c1[nH]c3cc(OC)ccc3c12. The molecule has 32 heavy (non-hydrogen) atoms. The van der Waals surface area contributed by atoms with E-state index in [9.17, 15) is 14.7 Å². The fourth-order valence-electron chi connectivity index (χ4n) is 5.36. The second-order valence-corrected chi connectivity index (χ2v) is 8.90. The maximum Gasteiger partial charge on any atom is 0.317 e. The van der Waals surface area contributed by atoms with E-state index in [1.54, 1.807) is 7.11 Å². The van der Waals surface area contributed by atoms with Gasteiger partial charge in [0.15, 0.2) is 0 Å². The van der Waals surface area contributed by atoms with E-state index in [1.807, 2.05) is 35.8 Å². The van der Waals surface area contributed by atoms with Gasteiger partial charge in [-0.2, -0.15) is 0 Å². The van der Waals surface area contributed by atoms with E-state index in [0.717, 1.165) is 41.6 Å². The van der Waals surface area contributed by atoms with Crippen LogP contribution in [0.15, 0.2) is 18.2 Å². The van der Waals surface area contributed by atoms with Crippen LogP contribution in [0.3, 0.4) is 0 Å². The van der Waals surface area contributed by atoms with Crippen molar-refractivity contribution in [3.05, 3.63) is 29.5 Å². The number of likely N-dealkylation sites (tertiary alicyclic amines) is 1. The van der Waals surface area contributed by atoms with Crippen molar-refractivity contribution in [3.63, 3.8) is 0 Å². The smallest absolute Gasteiger partial charge is 0.317 e. The zero-order valence-electron chi connectivity index (χ0n) is 19.2. The lowest BCUT2D eigenvalue weighted by Crippen LogP contribution is -2.56. The van der Waals surface area contributed by atoms with Crippen molar-refractivity contribution in [2.75, 3.05) is 39.9 Å². The number of hydrogen-bond donors (Lipinski definition) is 3. The van der Waals surface area contributed by atoms with E-state index in [1.165, 1.54) is 5.56 Å². The molecule has 0 radical (unpaired) electrons. The van der Waals surface area contributed by atoms with Crippen molar-refractivity contribution >= 4 is 22.8 Å². The van der Waals surface area contributed by atoms with Gasteiger partial charge >= 0.3 is 6.03 Å². The van der Waals surface area contributed by atoms with Crippen LogP contribution < -0.4 is 10.1 Å². The summed E-state index contributed by atoms with van der Waals surface area (Å²) in [4.78, 5) is 32.6. The monoisotopic (exact) mass is 442 g/mol. The molecule has 4 rings (SSSR count). The summed E-state index contributed by atoms with van der Waals surface area (Å²) in [7, 11) is 1.64. The first-order valence-electron chi connectivity index (χ1n) is 11.6. The number of nitrogens with zero attached hydrogens (tertiary/aromatic N) is 2. The minimum atomic E-state index is -0.396. The number of fused-ring (bicyclic) bond motifs is 4. The number of methoxy groups -OCH3 is 1. The van der Waals surface area contributed by atoms with E-state index in [0.29, 0.717) is 32.6 Å². The van der Waals surface area contributed by atoms with Crippen LogP contribution in [0.1, 0.15) is 56.8 Å². The molecule has 3 N–H and O–H groups in total. The van der Waals surface area contributed by atoms with Gasteiger partial charge in [0.25, 0.3) is 0 Å².